The molecular weight excluding hydrogens is 404 g/mol. The van der Waals surface area contributed by atoms with Crippen molar-refractivity contribution in [3.8, 4) is 5.75 Å². The molecule has 7 nitrogen and oxygen atoms in total. The van der Waals surface area contributed by atoms with Crippen molar-refractivity contribution in [1.82, 2.24) is 19.6 Å². The molecule has 7 heteroatoms. The molecule has 2 atom stereocenters. The van der Waals surface area contributed by atoms with E-state index in [9.17, 15) is 9.59 Å². The standard InChI is InChI=1S/C25H34N4O3/c1-18(2)24(30)28-13-9-19(10-14-28)22-16-29(25(31)23-11-12-27(3)26-23)15-20(22)17-32-21-7-5-4-6-8-21/h4-8,11-12,18-20,22H,9-10,13-17H2,1-3H3. The van der Waals surface area contributed by atoms with Gasteiger partial charge in [-0.15, -0.1) is 0 Å². The van der Waals surface area contributed by atoms with E-state index in [2.05, 4.69) is 5.10 Å². The van der Waals surface area contributed by atoms with E-state index in [0.717, 1.165) is 38.2 Å². The van der Waals surface area contributed by atoms with E-state index in [1.165, 1.54) is 0 Å². The molecule has 1 aromatic heterocycles. The average Bonchev–Trinajstić information content (AvgIpc) is 3.44. The van der Waals surface area contributed by atoms with Crippen LogP contribution in [0.15, 0.2) is 42.6 Å². The van der Waals surface area contributed by atoms with Crippen LogP contribution in [-0.4, -0.2) is 64.2 Å². The largest absolute Gasteiger partial charge is 0.493 e. The van der Waals surface area contributed by atoms with Gasteiger partial charge in [-0.25, -0.2) is 0 Å². The van der Waals surface area contributed by atoms with Crippen molar-refractivity contribution >= 4 is 11.8 Å². The van der Waals surface area contributed by atoms with Crippen LogP contribution in [0.3, 0.4) is 0 Å². The highest BCUT2D eigenvalue weighted by atomic mass is 16.5. The molecule has 2 aromatic rings. The summed E-state index contributed by atoms with van der Waals surface area (Å²) in [6.07, 6.45) is 3.77. The number of rotatable bonds is 6. The van der Waals surface area contributed by atoms with Crippen LogP contribution in [0.4, 0.5) is 0 Å². The molecule has 2 fully saturated rings. The zero-order valence-corrected chi connectivity index (χ0v) is 19.3. The number of para-hydroxylation sites is 1. The van der Waals surface area contributed by atoms with Gasteiger partial charge in [0.15, 0.2) is 0 Å². The molecule has 4 rings (SSSR count). The number of hydrogen-bond donors (Lipinski definition) is 0. The first-order valence-corrected chi connectivity index (χ1v) is 11.7. The van der Waals surface area contributed by atoms with E-state index in [-0.39, 0.29) is 23.7 Å². The third-order valence-electron chi connectivity index (χ3n) is 6.87. The summed E-state index contributed by atoms with van der Waals surface area (Å²) >= 11 is 0. The number of piperidine rings is 1. The molecule has 2 aliphatic rings. The number of nitrogens with zero attached hydrogens (tertiary/aromatic N) is 4. The van der Waals surface area contributed by atoms with Crippen molar-refractivity contribution in [2.24, 2.45) is 30.7 Å². The zero-order valence-electron chi connectivity index (χ0n) is 19.3. The normalized spacial score (nSPS) is 21.9. The summed E-state index contributed by atoms with van der Waals surface area (Å²) in [5, 5.41) is 4.31. The molecule has 0 spiro atoms. The Kier molecular flexibility index (Phi) is 6.82. The van der Waals surface area contributed by atoms with Crippen LogP contribution in [0.25, 0.3) is 0 Å². The summed E-state index contributed by atoms with van der Waals surface area (Å²) in [6.45, 7) is 7.52. The van der Waals surface area contributed by atoms with Crippen LogP contribution in [0.2, 0.25) is 0 Å². The minimum Gasteiger partial charge on any atom is -0.493 e. The number of aromatic nitrogens is 2. The number of carbonyl (C=O) groups excluding carboxylic acids is 2. The second-order valence-corrected chi connectivity index (χ2v) is 9.45. The average molecular weight is 439 g/mol. The fourth-order valence-electron chi connectivity index (χ4n) is 5.10. The Bertz CT molecular complexity index is 918. The molecular formula is C25H34N4O3. The van der Waals surface area contributed by atoms with Gasteiger partial charge < -0.3 is 14.5 Å². The van der Waals surface area contributed by atoms with E-state index >= 15 is 0 Å². The maximum Gasteiger partial charge on any atom is 0.274 e. The highest BCUT2D eigenvalue weighted by Crippen LogP contribution is 2.37. The fourth-order valence-corrected chi connectivity index (χ4v) is 5.10. The van der Waals surface area contributed by atoms with Gasteiger partial charge in [-0.1, -0.05) is 32.0 Å². The van der Waals surface area contributed by atoms with Crippen molar-refractivity contribution in [3.63, 3.8) is 0 Å². The van der Waals surface area contributed by atoms with Crippen LogP contribution in [0, 0.1) is 23.7 Å². The summed E-state index contributed by atoms with van der Waals surface area (Å²) < 4.78 is 7.78. The molecule has 2 aliphatic heterocycles. The van der Waals surface area contributed by atoms with E-state index in [4.69, 9.17) is 4.74 Å². The summed E-state index contributed by atoms with van der Waals surface area (Å²) in [5.41, 5.74) is 0.494. The molecule has 2 saturated heterocycles. The molecule has 0 bridgehead atoms. The minimum atomic E-state index is -0.00904. The number of hydrogen-bond acceptors (Lipinski definition) is 4. The summed E-state index contributed by atoms with van der Waals surface area (Å²) in [6, 6.07) is 11.6. The van der Waals surface area contributed by atoms with Gasteiger partial charge in [-0.2, -0.15) is 5.10 Å². The first kappa shape index (κ1) is 22.4. The Labute approximate surface area is 190 Å². The number of ether oxygens (including phenoxy) is 1. The Morgan fingerprint density at radius 2 is 1.78 bits per heavy atom. The second kappa shape index (κ2) is 9.76. The highest BCUT2D eigenvalue weighted by Gasteiger charge is 2.42. The molecule has 3 heterocycles. The second-order valence-electron chi connectivity index (χ2n) is 9.45. The summed E-state index contributed by atoms with van der Waals surface area (Å²) in [5.74, 6) is 2.24. The van der Waals surface area contributed by atoms with Gasteiger partial charge in [0.2, 0.25) is 5.91 Å². The van der Waals surface area contributed by atoms with Crippen molar-refractivity contribution < 1.29 is 14.3 Å². The maximum atomic E-state index is 13.1. The highest BCUT2D eigenvalue weighted by molar-refractivity contribution is 5.92. The summed E-state index contributed by atoms with van der Waals surface area (Å²) in [4.78, 5) is 29.4. The molecule has 0 N–H and O–H groups in total. The lowest BCUT2D eigenvalue weighted by atomic mass is 9.78. The van der Waals surface area contributed by atoms with Crippen molar-refractivity contribution in [1.29, 1.82) is 0 Å². The van der Waals surface area contributed by atoms with Crippen molar-refractivity contribution in [2.75, 3.05) is 32.8 Å². The number of amides is 2. The van der Waals surface area contributed by atoms with Crippen LogP contribution in [0.1, 0.15) is 37.2 Å². The van der Waals surface area contributed by atoms with Crippen LogP contribution in [-0.2, 0) is 11.8 Å². The van der Waals surface area contributed by atoms with Crippen molar-refractivity contribution in [2.45, 2.75) is 26.7 Å². The fraction of sp³-hybridized carbons (Fsp3) is 0.560. The van der Waals surface area contributed by atoms with Gasteiger partial charge in [-0.05, 0) is 42.9 Å². The van der Waals surface area contributed by atoms with Gasteiger partial charge >= 0.3 is 0 Å². The van der Waals surface area contributed by atoms with E-state index < -0.39 is 0 Å². The molecule has 2 amide bonds. The Balaban J connectivity index is 1.44. The predicted octanol–water partition coefficient (Wildman–Crippen LogP) is 3.08. The van der Waals surface area contributed by atoms with Gasteiger partial charge in [0.1, 0.15) is 11.4 Å². The van der Waals surface area contributed by atoms with Crippen LogP contribution >= 0.6 is 0 Å². The molecule has 0 saturated carbocycles. The first-order chi connectivity index (χ1) is 15.4. The third kappa shape index (κ3) is 4.97. The van der Waals surface area contributed by atoms with E-state index in [1.807, 2.05) is 61.0 Å². The van der Waals surface area contributed by atoms with Crippen molar-refractivity contribution in [3.05, 3.63) is 48.3 Å². The maximum absolute atomic E-state index is 13.1. The molecule has 0 radical (unpaired) electrons. The molecule has 172 valence electrons. The Hall–Kier alpha value is -2.83. The molecule has 1 aromatic carbocycles. The van der Waals surface area contributed by atoms with E-state index in [0.29, 0.717) is 30.7 Å². The number of aryl methyl sites for hydroxylation is 1. The van der Waals surface area contributed by atoms with Gasteiger partial charge in [-0.3, -0.25) is 14.3 Å². The van der Waals surface area contributed by atoms with E-state index in [1.54, 1.807) is 16.9 Å². The molecule has 32 heavy (non-hydrogen) atoms. The number of likely N-dealkylation sites (tertiary alicyclic amines) is 2. The SMILES string of the molecule is CC(C)C(=O)N1CCC(C2CN(C(=O)c3ccn(C)n3)CC2COc2ccccc2)CC1. The third-order valence-corrected chi connectivity index (χ3v) is 6.87. The lowest BCUT2D eigenvalue weighted by Gasteiger charge is -2.37. The van der Waals surface area contributed by atoms with Gasteiger partial charge in [0, 0.05) is 51.3 Å². The number of benzene rings is 1. The lowest BCUT2D eigenvalue weighted by Crippen LogP contribution is -2.43. The number of carbonyl (C=O) groups is 2. The quantitative estimate of drug-likeness (QED) is 0.695. The Morgan fingerprint density at radius 1 is 1.06 bits per heavy atom. The first-order valence-electron chi connectivity index (χ1n) is 11.7. The van der Waals surface area contributed by atoms with Gasteiger partial charge in [0.05, 0.1) is 6.61 Å². The monoisotopic (exact) mass is 438 g/mol. The Morgan fingerprint density at radius 3 is 2.41 bits per heavy atom. The topological polar surface area (TPSA) is 67.7 Å². The van der Waals surface area contributed by atoms with Gasteiger partial charge in [0.25, 0.3) is 5.91 Å². The predicted molar refractivity (Wildman–Crippen MR) is 122 cm³/mol. The van der Waals surface area contributed by atoms with Crippen LogP contribution in [0.5, 0.6) is 5.75 Å². The lowest BCUT2D eigenvalue weighted by molar-refractivity contribution is -0.136. The molecule has 2 unspecified atom stereocenters. The summed E-state index contributed by atoms with van der Waals surface area (Å²) in [7, 11) is 1.83. The smallest absolute Gasteiger partial charge is 0.274 e. The van der Waals surface area contributed by atoms with Crippen LogP contribution < -0.4 is 4.74 Å². The zero-order chi connectivity index (χ0) is 22.7. The molecule has 0 aliphatic carbocycles. The minimum absolute atomic E-state index is 0.00904.